The van der Waals surface area contributed by atoms with Crippen LogP contribution in [0.3, 0.4) is 0 Å². The van der Waals surface area contributed by atoms with Crippen LogP contribution in [0.15, 0.2) is 30.5 Å². The summed E-state index contributed by atoms with van der Waals surface area (Å²) in [7, 11) is 0. The third-order valence-electron chi connectivity index (χ3n) is 2.84. The van der Waals surface area contributed by atoms with Gasteiger partial charge in [-0.2, -0.15) is 13.2 Å². The molecule has 2 aromatic rings. The molecule has 0 saturated carbocycles. The lowest BCUT2D eigenvalue weighted by Crippen LogP contribution is -2.12. The Morgan fingerprint density at radius 2 is 1.86 bits per heavy atom. The van der Waals surface area contributed by atoms with Gasteiger partial charge in [-0.05, 0) is 36.8 Å². The van der Waals surface area contributed by atoms with Gasteiger partial charge in [0, 0.05) is 6.20 Å². The fourth-order valence-electron chi connectivity index (χ4n) is 1.78. The number of rotatable bonds is 2. The van der Waals surface area contributed by atoms with Crippen molar-refractivity contribution in [3.8, 4) is 0 Å². The molecular weight excluding hydrogens is 288 g/mol. The van der Waals surface area contributed by atoms with E-state index in [9.17, 15) is 22.4 Å². The molecule has 0 fully saturated rings. The van der Waals surface area contributed by atoms with Crippen LogP contribution in [0.4, 0.5) is 23.4 Å². The zero-order valence-electron chi connectivity index (χ0n) is 10.8. The number of nitrogen functional groups attached to an aromatic ring is 1. The lowest BCUT2D eigenvalue weighted by molar-refractivity contribution is -0.137. The number of anilines is 1. The maximum atomic E-state index is 13.7. The van der Waals surface area contributed by atoms with E-state index in [4.69, 9.17) is 5.73 Å². The van der Waals surface area contributed by atoms with Crippen molar-refractivity contribution in [1.82, 2.24) is 4.98 Å². The zero-order chi connectivity index (χ0) is 15.8. The van der Waals surface area contributed by atoms with Crippen LogP contribution in [0.1, 0.15) is 27.0 Å². The van der Waals surface area contributed by atoms with Crippen molar-refractivity contribution in [2.45, 2.75) is 13.1 Å². The number of aryl methyl sites for hydroxylation is 1. The normalized spacial score (nSPS) is 11.5. The lowest BCUT2D eigenvalue weighted by atomic mass is 10.00. The Labute approximate surface area is 117 Å². The van der Waals surface area contributed by atoms with Crippen LogP contribution in [0.2, 0.25) is 0 Å². The van der Waals surface area contributed by atoms with E-state index in [0.717, 1.165) is 0 Å². The highest BCUT2D eigenvalue weighted by Gasteiger charge is 2.32. The van der Waals surface area contributed by atoms with Crippen molar-refractivity contribution in [2.75, 3.05) is 5.73 Å². The minimum atomic E-state index is -4.67. The highest BCUT2D eigenvalue weighted by molar-refractivity contribution is 6.11. The average molecular weight is 298 g/mol. The van der Waals surface area contributed by atoms with Crippen LogP contribution >= 0.6 is 0 Å². The Kier molecular flexibility index (Phi) is 3.67. The average Bonchev–Trinajstić information content (AvgIpc) is 2.40. The van der Waals surface area contributed by atoms with Crippen LogP contribution in [-0.2, 0) is 6.18 Å². The molecule has 2 N–H and O–H groups in total. The van der Waals surface area contributed by atoms with Crippen molar-refractivity contribution in [3.63, 3.8) is 0 Å². The zero-order valence-corrected chi connectivity index (χ0v) is 10.8. The highest BCUT2D eigenvalue weighted by Crippen LogP contribution is 2.31. The molecule has 2 rings (SSSR count). The molecule has 0 saturated heterocycles. The largest absolute Gasteiger partial charge is 0.416 e. The van der Waals surface area contributed by atoms with Gasteiger partial charge in [-0.1, -0.05) is 0 Å². The standard InChI is InChI=1S/C14H10F4N2O/c1-7-4-10(13(19)20-6-7)12(21)9-5-8(14(16,17)18)2-3-11(9)15/h2-6H,1H3,(H2,19,20). The second kappa shape index (κ2) is 5.16. The summed E-state index contributed by atoms with van der Waals surface area (Å²) in [6, 6.07) is 3.00. The van der Waals surface area contributed by atoms with Crippen LogP contribution in [-0.4, -0.2) is 10.8 Å². The number of hydrogen-bond acceptors (Lipinski definition) is 3. The van der Waals surface area contributed by atoms with Crippen LogP contribution < -0.4 is 5.73 Å². The molecule has 1 aromatic carbocycles. The van der Waals surface area contributed by atoms with E-state index in [0.29, 0.717) is 23.8 Å². The SMILES string of the molecule is Cc1cnc(N)c(C(=O)c2cc(C(F)(F)F)ccc2F)c1. The molecule has 0 aliphatic carbocycles. The van der Waals surface area contributed by atoms with Crippen LogP contribution in [0.25, 0.3) is 0 Å². The summed E-state index contributed by atoms with van der Waals surface area (Å²) in [6.45, 7) is 1.63. The van der Waals surface area contributed by atoms with E-state index in [1.807, 2.05) is 0 Å². The van der Waals surface area contributed by atoms with E-state index >= 15 is 0 Å². The summed E-state index contributed by atoms with van der Waals surface area (Å²) in [6.07, 6.45) is -3.27. The molecule has 0 unspecified atom stereocenters. The number of alkyl halides is 3. The first-order chi connectivity index (χ1) is 9.70. The summed E-state index contributed by atoms with van der Waals surface area (Å²) in [5.74, 6) is -2.15. The van der Waals surface area contributed by atoms with Gasteiger partial charge in [0.25, 0.3) is 0 Å². The van der Waals surface area contributed by atoms with E-state index < -0.39 is 28.9 Å². The molecule has 1 heterocycles. The number of halogens is 4. The molecule has 0 bridgehead atoms. The Hall–Kier alpha value is -2.44. The van der Waals surface area contributed by atoms with Gasteiger partial charge in [-0.25, -0.2) is 9.37 Å². The van der Waals surface area contributed by atoms with Gasteiger partial charge in [0.05, 0.1) is 16.7 Å². The fraction of sp³-hybridized carbons (Fsp3) is 0.143. The molecule has 0 atom stereocenters. The number of nitrogens with zero attached hydrogens (tertiary/aromatic N) is 1. The third kappa shape index (κ3) is 3.01. The summed E-state index contributed by atoms with van der Waals surface area (Å²) in [5, 5.41) is 0. The van der Waals surface area contributed by atoms with E-state index in [-0.39, 0.29) is 11.4 Å². The van der Waals surface area contributed by atoms with Gasteiger partial charge in [-0.15, -0.1) is 0 Å². The predicted molar refractivity (Wildman–Crippen MR) is 68.2 cm³/mol. The van der Waals surface area contributed by atoms with Gasteiger partial charge in [0.15, 0.2) is 5.78 Å². The molecule has 0 aliphatic rings. The van der Waals surface area contributed by atoms with Crippen molar-refractivity contribution < 1.29 is 22.4 Å². The lowest BCUT2D eigenvalue weighted by Gasteiger charge is -2.10. The first kappa shape index (κ1) is 15.0. The van der Waals surface area contributed by atoms with Crippen LogP contribution in [0.5, 0.6) is 0 Å². The van der Waals surface area contributed by atoms with E-state index in [1.54, 1.807) is 6.92 Å². The van der Waals surface area contributed by atoms with Gasteiger partial charge >= 0.3 is 6.18 Å². The third-order valence-corrected chi connectivity index (χ3v) is 2.84. The molecular formula is C14H10F4N2O. The second-order valence-corrected chi connectivity index (χ2v) is 4.47. The molecule has 110 valence electrons. The van der Waals surface area contributed by atoms with Crippen molar-refractivity contribution in [3.05, 3.63) is 58.5 Å². The minimum Gasteiger partial charge on any atom is -0.383 e. The molecule has 1 aromatic heterocycles. The Balaban J connectivity index is 2.55. The Bertz CT molecular complexity index is 711. The molecule has 0 amide bonds. The second-order valence-electron chi connectivity index (χ2n) is 4.47. The number of carbonyl (C=O) groups is 1. The number of hydrogen-bond donors (Lipinski definition) is 1. The summed E-state index contributed by atoms with van der Waals surface area (Å²) >= 11 is 0. The van der Waals surface area contributed by atoms with E-state index in [1.165, 1.54) is 12.3 Å². The van der Waals surface area contributed by atoms with Gasteiger partial charge < -0.3 is 5.73 Å². The van der Waals surface area contributed by atoms with Crippen LogP contribution in [0, 0.1) is 12.7 Å². The fourth-order valence-corrected chi connectivity index (χ4v) is 1.78. The summed E-state index contributed by atoms with van der Waals surface area (Å²) in [5.41, 5.74) is 4.18. The molecule has 0 aliphatic heterocycles. The van der Waals surface area contributed by atoms with E-state index in [2.05, 4.69) is 4.98 Å². The monoisotopic (exact) mass is 298 g/mol. The number of nitrogens with two attached hydrogens (primary N) is 1. The summed E-state index contributed by atoms with van der Waals surface area (Å²) in [4.78, 5) is 15.9. The minimum absolute atomic E-state index is 0.131. The molecule has 21 heavy (non-hydrogen) atoms. The number of pyridine rings is 1. The number of ketones is 1. The van der Waals surface area contributed by atoms with Gasteiger partial charge in [0.2, 0.25) is 0 Å². The number of benzene rings is 1. The Morgan fingerprint density at radius 3 is 2.48 bits per heavy atom. The molecule has 7 heteroatoms. The predicted octanol–water partition coefficient (Wildman–Crippen LogP) is 3.36. The smallest absolute Gasteiger partial charge is 0.383 e. The van der Waals surface area contributed by atoms with Crippen molar-refractivity contribution >= 4 is 11.6 Å². The first-order valence-corrected chi connectivity index (χ1v) is 5.83. The van der Waals surface area contributed by atoms with Crippen molar-refractivity contribution in [2.24, 2.45) is 0 Å². The maximum Gasteiger partial charge on any atom is 0.416 e. The number of aromatic nitrogens is 1. The molecule has 3 nitrogen and oxygen atoms in total. The highest BCUT2D eigenvalue weighted by atomic mass is 19.4. The maximum absolute atomic E-state index is 13.7. The first-order valence-electron chi connectivity index (χ1n) is 5.83. The van der Waals surface area contributed by atoms with Crippen molar-refractivity contribution in [1.29, 1.82) is 0 Å². The van der Waals surface area contributed by atoms with Gasteiger partial charge in [-0.3, -0.25) is 4.79 Å². The Morgan fingerprint density at radius 1 is 1.19 bits per heavy atom. The van der Waals surface area contributed by atoms with Gasteiger partial charge in [0.1, 0.15) is 11.6 Å². The molecule has 0 radical (unpaired) electrons. The number of carbonyl (C=O) groups excluding carboxylic acids is 1. The molecule has 0 spiro atoms. The topological polar surface area (TPSA) is 56.0 Å². The summed E-state index contributed by atoms with van der Waals surface area (Å²) < 4.78 is 51.6. The quantitative estimate of drug-likeness (QED) is 0.683.